The number of para-hydroxylation sites is 1. The van der Waals surface area contributed by atoms with Crippen molar-refractivity contribution in [3.63, 3.8) is 0 Å². The molecular formula is C32H32F2N6O3. The van der Waals surface area contributed by atoms with Crippen LogP contribution in [-0.4, -0.2) is 62.0 Å². The van der Waals surface area contributed by atoms with Crippen LogP contribution in [0.2, 0.25) is 0 Å². The van der Waals surface area contributed by atoms with Crippen molar-refractivity contribution in [1.82, 2.24) is 29.4 Å². The molecule has 5 aromatic rings. The molecule has 222 valence electrons. The van der Waals surface area contributed by atoms with E-state index in [1.54, 1.807) is 24.7 Å². The molecule has 0 amide bonds. The standard InChI is InChI=1S/C32H32F2N6O3/c1-20-29(16-25(41)13-23-18-39(11-12-42-3)43-31(23)21-9-10-26(33)27(34)14-21)40(24-7-5-4-6-8-24)37-30(20)22-15-28-32(35-17-22)38(2)19-36-28/h4-10,14-15,17,19,23,31H,11-13,16,18H2,1-3H3/t23-,31+/m1/s1. The van der Waals surface area contributed by atoms with Crippen molar-refractivity contribution >= 4 is 16.9 Å². The fourth-order valence-corrected chi connectivity index (χ4v) is 5.67. The lowest BCUT2D eigenvalue weighted by molar-refractivity contribution is -0.155. The molecule has 0 N–H and O–H groups in total. The molecule has 0 radical (unpaired) electrons. The number of aryl methyl sites for hydroxylation is 1. The molecule has 0 aliphatic carbocycles. The summed E-state index contributed by atoms with van der Waals surface area (Å²) in [6, 6.07) is 15.4. The number of Topliss-reactive ketones (excluding diaryl/α,β-unsaturated/α-hetero) is 1. The Morgan fingerprint density at radius 3 is 2.67 bits per heavy atom. The third-order valence-corrected chi connectivity index (χ3v) is 7.87. The molecule has 0 bridgehead atoms. The molecule has 1 aliphatic rings. The Hall–Kier alpha value is -4.32. The Labute approximate surface area is 247 Å². The molecule has 1 fully saturated rings. The number of carbonyl (C=O) groups excluding carboxylic acids is 1. The van der Waals surface area contributed by atoms with Crippen LogP contribution >= 0.6 is 0 Å². The zero-order valence-corrected chi connectivity index (χ0v) is 24.2. The second kappa shape index (κ2) is 12.1. The number of carbonyl (C=O) groups is 1. The van der Waals surface area contributed by atoms with Gasteiger partial charge in [-0.25, -0.2) is 23.4 Å². The van der Waals surface area contributed by atoms with Gasteiger partial charge in [-0.2, -0.15) is 10.2 Å². The molecule has 11 heteroatoms. The van der Waals surface area contributed by atoms with Gasteiger partial charge in [0, 0.05) is 57.8 Å². The minimum Gasteiger partial charge on any atom is -0.383 e. The number of aromatic nitrogens is 5. The lowest BCUT2D eigenvalue weighted by atomic mass is 9.90. The summed E-state index contributed by atoms with van der Waals surface area (Å²) in [4.78, 5) is 28.9. The number of hydrogen-bond donors (Lipinski definition) is 0. The van der Waals surface area contributed by atoms with Crippen molar-refractivity contribution in [2.24, 2.45) is 13.0 Å². The molecule has 2 atom stereocenters. The van der Waals surface area contributed by atoms with Gasteiger partial charge in [-0.15, -0.1) is 0 Å². The zero-order chi connectivity index (χ0) is 30.1. The molecule has 2 aromatic carbocycles. The molecule has 43 heavy (non-hydrogen) atoms. The van der Waals surface area contributed by atoms with Crippen LogP contribution in [0.4, 0.5) is 8.78 Å². The largest absolute Gasteiger partial charge is 0.383 e. The Morgan fingerprint density at radius 2 is 1.91 bits per heavy atom. The number of benzene rings is 2. The van der Waals surface area contributed by atoms with Crippen LogP contribution in [0.1, 0.15) is 29.3 Å². The Morgan fingerprint density at radius 1 is 1.09 bits per heavy atom. The maximum absolute atomic E-state index is 14.1. The minimum absolute atomic E-state index is 0.0141. The van der Waals surface area contributed by atoms with E-state index in [0.29, 0.717) is 25.3 Å². The third-order valence-electron chi connectivity index (χ3n) is 7.87. The predicted molar refractivity (Wildman–Crippen MR) is 156 cm³/mol. The van der Waals surface area contributed by atoms with Crippen molar-refractivity contribution in [3.05, 3.63) is 95.6 Å². The van der Waals surface area contributed by atoms with Crippen LogP contribution in [0.15, 0.2) is 67.1 Å². The molecule has 1 aliphatic heterocycles. The topological polar surface area (TPSA) is 87.3 Å². The lowest BCUT2D eigenvalue weighted by Gasteiger charge is -2.18. The molecule has 0 unspecified atom stereocenters. The van der Waals surface area contributed by atoms with Crippen molar-refractivity contribution in [2.75, 3.05) is 26.8 Å². The number of nitrogens with zero attached hydrogens (tertiary/aromatic N) is 6. The number of halogens is 2. The highest BCUT2D eigenvalue weighted by molar-refractivity contribution is 5.83. The Bertz CT molecular complexity index is 1770. The molecule has 9 nitrogen and oxygen atoms in total. The smallest absolute Gasteiger partial charge is 0.159 e. The molecule has 6 rings (SSSR count). The van der Waals surface area contributed by atoms with Gasteiger partial charge in [0.2, 0.25) is 0 Å². The first-order valence-corrected chi connectivity index (χ1v) is 14.1. The number of pyridine rings is 1. The highest BCUT2D eigenvalue weighted by atomic mass is 19.2. The fourth-order valence-electron chi connectivity index (χ4n) is 5.67. The van der Waals surface area contributed by atoms with Crippen LogP contribution in [0.5, 0.6) is 0 Å². The van der Waals surface area contributed by atoms with Gasteiger partial charge in [-0.1, -0.05) is 24.3 Å². The number of methoxy groups -OCH3 is 1. The Balaban J connectivity index is 1.30. The van der Waals surface area contributed by atoms with Crippen LogP contribution in [0.25, 0.3) is 28.1 Å². The molecule has 3 aromatic heterocycles. The maximum Gasteiger partial charge on any atom is 0.159 e. The minimum atomic E-state index is -0.949. The van der Waals surface area contributed by atoms with Crippen LogP contribution < -0.4 is 0 Å². The molecule has 4 heterocycles. The number of hydrogen-bond acceptors (Lipinski definition) is 7. The second-order valence-corrected chi connectivity index (χ2v) is 10.8. The van der Waals surface area contributed by atoms with Crippen LogP contribution in [-0.2, 0) is 27.8 Å². The van der Waals surface area contributed by atoms with Crippen molar-refractivity contribution in [1.29, 1.82) is 0 Å². The van der Waals surface area contributed by atoms with Gasteiger partial charge in [0.25, 0.3) is 0 Å². The fraction of sp³-hybridized carbons (Fsp3) is 0.312. The SMILES string of the molecule is COCCN1C[C@@H](CC(=O)Cc2c(C)c(-c3cnc4c(c3)ncn4C)nn2-c2ccccc2)[C@H](c2ccc(F)c(F)c2)O1. The van der Waals surface area contributed by atoms with Crippen LogP contribution in [0, 0.1) is 24.5 Å². The van der Waals surface area contributed by atoms with Gasteiger partial charge in [0.05, 0.1) is 30.0 Å². The predicted octanol–water partition coefficient (Wildman–Crippen LogP) is 5.16. The van der Waals surface area contributed by atoms with Gasteiger partial charge in [0.1, 0.15) is 17.4 Å². The number of imidazole rings is 1. The van der Waals surface area contributed by atoms with Gasteiger partial charge in [-0.05, 0) is 48.4 Å². The van der Waals surface area contributed by atoms with E-state index >= 15 is 0 Å². The first kappa shape index (κ1) is 28.8. The summed E-state index contributed by atoms with van der Waals surface area (Å²) < 4.78 is 36.7. The summed E-state index contributed by atoms with van der Waals surface area (Å²) in [6.45, 7) is 3.33. The average Bonchev–Trinajstić information content (AvgIpc) is 3.69. The molecule has 0 saturated carbocycles. The Kier molecular flexibility index (Phi) is 8.11. The zero-order valence-electron chi connectivity index (χ0n) is 24.2. The number of ether oxygens (including phenoxy) is 1. The van der Waals surface area contributed by atoms with E-state index in [1.807, 2.05) is 59.6 Å². The van der Waals surface area contributed by atoms with E-state index in [0.717, 1.165) is 51.5 Å². The number of rotatable bonds is 10. The van der Waals surface area contributed by atoms with E-state index in [-0.39, 0.29) is 24.5 Å². The number of ketones is 1. The van der Waals surface area contributed by atoms with Gasteiger partial charge in [0.15, 0.2) is 17.3 Å². The highest BCUT2D eigenvalue weighted by Crippen LogP contribution is 2.37. The quantitative estimate of drug-likeness (QED) is 0.223. The summed E-state index contributed by atoms with van der Waals surface area (Å²) in [5.74, 6) is -2.16. The highest BCUT2D eigenvalue weighted by Gasteiger charge is 2.37. The average molecular weight is 587 g/mol. The second-order valence-electron chi connectivity index (χ2n) is 10.8. The lowest BCUT2D eigenvalue weighted by Crippen LogP contribution is -2.24. The van der Waals surface area contributed by atoms with Crippen LogP contribution in [0.3, 0.4) is 0 Å². The maximum atomic E-state index is 14.1. The summed E-state index contributed by atoms with van der Waals surface area (Å²) in [6.07, 6.45) is 3.22. The van der Waals surface area contributed by atoms with Crippen molar-refractivity contribution in [3.8, 4) is 16.9 Å². The van der Waals surface area contributed by atoms with E-state index in [1.165, 1.54) is 6.07 Å². The molecule has 0 spiro atoms. The summed E-state index contributed by atoms with van der Waals surface area (Å²) >= 11 is 0. The van der Waals surface area contributed by atoms with Gasteiger partial charge >= 0.3 is 0 Å². The van der Waals surface area contributed by atoms with E-state index in [4.69, 9.17) is 14.7 Å². The summed E-state index contributed by atoms with van der Waals surface area (Å²) in [5, 5.41) is 6.67. The monoisotopic (exact) mass is 586 g/mol. The van der Waals surface area contributed by atoms with E-state index in [2.05, 4.69) is 9.97 Å². The first-order chi connectivity index (χ1) is 20.8. The summed E-state index contributed by atoms with van der Waals surface area (Å²) in [7, 11) is 3.49. The number of hydroxylamine groups is 2. The normalized spacial score (nSPS) is 17.2. The summed E-state index contributed by atoms with van der Waals surface area (Å²) in [5.41, 5.74) is 6.03. The van der Waals surface area contributed by atoms with E-state index in [9.17, 15) is 13.6 Å². The molecular weight excluding hydrogens is 554 g/mol. The third kappa shape index (κ3) is 5.83. The van der Waals surface area contributed by atoms with Crippen molar-refractivity contribution < 1.29 is 23.1 Å². The van der Waals surface area contributed by atoms with Gasteiger partial charge in [-0.3, -0.25) is 9.63 Å². The first-order valence-electron chi connectivity index (χ1n) is 14.1. The molecule has 1 saturated heterocycles. The van der Waals surface area contributed by atoms with Gasteiger partial charge < -0.3 is 9.30 Å². The van der Waals surface area contributed by atoms with Crippen molar-refractivity contribution in [2.45, 2.75) is 25.9 Å². The number of fused-ring (bicyclic) bond motifs is 1. The van der Waals surface area contributed by atoms with E-state index < -0.39 is 17.7 Å².